The number of hydrogen-bond acceptors (Lipinski definition) is 4. The number of hydrogen-bond donors (Lipinski definition) is 1. The molecule has 0 bridgehead atoms. The molecule has 0 spiro atoms. The Hall–Kier alpha value is -0.580. The van der Waals surface area contributed by atoms with Crippen LogP contribution in [0.1, 0.15) is 25.7 Å². The Labute approximate surface area is 116 Å². The average molecular weight is 278 g/mol. The fourth-order valence-corrected chi connectivity index (χ4v) is 4.45. The van der Waals surface area contributed by atoms with Gasteiger partial charge in [-0.3, -0.25) is 0 Å². The van der Waals surface area contributed by atoms with Gasteiger partial charge in [-0.1, -0.05) is 36.7 Å². The number of thiazole rings is 1. The van der Waals surface area contributed by atoms with E-state index in [2.05, 4.69) is 34.6 Å². The number of thioether (sulfide) groups is 1. The molecule has 0 saturated heterocycles. The summed E-state index contributed by atoms with van der Waals surface area (Å²) in [6.07, 6.45) is 5.54. The van der Waals surface area contributed by atoms with Crippen LogP contribution in [0.25, 0.3) is 10.2 Å². The lowest BCUT2D eigenvalue weighted by Gasteiger charge is -2.10. The molecule has 1 saturated carbocycles. The number of fused-ring (bicyclic) bond motifs is 1. The van der Waals surface area contributed by atoms with E-state index in [0.717, 1.165) is 23.9 Å². The van der Waals surface area contributed by atoms with Crippen LogP contribution >= 0.6 is 23.1 Å². The zero-order chi connectivity index (χ0) is 12.2. The van der Waals surface area contributed by atoms with E-state index in [1.54, 1.807) is 11.3 Å². The fourth-order valence-electron chi connectivity index (χ4n) is 2.44. The first kappa shape index (κ1) is 12.5. The van der Waals surface area contributed by atoms with Gasteiger partial charge in [0.25, 0.3) is 0 Å². The van der Waals surface area contributed by atoms with Gasteiger partial charge in [0.1, 0.15) is 0 Å². The van der Waals surface area contributed by atoms with E-state index in [0.29, 0.717) is 0 Å². The minimum Gasteiger partial charge on any atom is -0.313 e. The molecule has 2 nitrogen and oxygen atoms in total. The predicted octanol–water partition coefficient (Wildman–Crippen LogP) is 3.92. The molecule has 4 heteroatoms. The van der Waals surface area contributed by atoms with Crippen LogP contribution in [0.5, 0.6) is 0 Å². The minimum atomic E-state index is 0.779. The number of nitrogens with one attached hydrogen (secondary N) is 1. The Bertz CT molecular complexity index is 470. The Morgan fingerprint density at radius 3 is 2.94 bits per heavy atom. The highest BCUT2D eigenvalue weighted by Gasteiger charge is 2.13. The Morgan fingerprint density at radius 2 is 2.11 bits per heavy atom. The van der Waals surface area contributed by atoms with Gasteiger partial charge in [0.05, 0.1) is 10.2 Å². The summed E-state index contributed by atoms with van der Waals surface area (Å²) < 4.78 is 2.49. The van der Waals surface area contributed by atoms with Gasteiger partial charge in [0, 0.05) is 18.3 Å². The molecule has 3 rings (SSSR count). The molecule has 2 aromatic rings. The zero-order valence-electron chi connectivity index (χ0n) is 10.4. The number of para-hydroxylation sites is 1. The van der Waals surface area contributed by atoms with E-state index in [1.807, 2.05) is 11.8 Å². The third-order valence-electron chi connectivity index (χ3n) is 3.39. The summed E-state index contributed by atoms with van der Waals surface area (Å²) >= 11 is 3.68. The molecule has 1 aliphatic rings. The van der Waals surface area contributed by atoms with Crippen molar-refractivity contribution in [3.63, 3.8) is 0 Å². The lowest BCUT2D eigenvalue weighted by molar-refractivity contribution is 0.545. The van der Waals surface area contributed by atoms with Gasteiger partial charge in [-0.15, -0.1) is 11.3 Å². The summed E-state index contributed by atoms with van der Waals surface area (Å²) in [7, 11) is 0. The summed E-state index contributed by atoms with van der Waals surface area (Å²) in [6, 6.07) is 9.15. The van der Waals surface area contributed by atoms with Gasteiger partial charge in [-0.25, -0.2) is 4.98 Å². The van der Waals surface area contributed by atoms with Crippen molar-refractivity contribution >= 4 is 33.3 Å². The minimum absolute atomic E-state index is 0.779. The van der Waals surface area contributed by atoms with Crippen LogP contribution in [0.3, 0.4) is 0 Å². The molecular weight excluding hydrogens is 260 g/mol. The summed E-state index contributed by atoms with van der Waals surface area (Å²) in [5, 5.41) is 3.64. The van der Waals surface area contributed by atoms with Crippen LogP contribution < -0.4 is 5.32 Å². The van der Waals surface area contributed by atoms with E-state index in [-0.39, 0.29) is 0 Å². The van der Waals surface area contributed by atoms with Gasteiger partial charge in [0.15, 0.2) is 4.34 Å². The Kier molecular flexibility index (Phi) is 4.18. The number of nitrogens with zero attached hydrogens (tertiary/aromatic N) is 1. The SMILES string of the molecule is c1ccc2sc(SCCNC3CCCC3)nc2c1. The van der Waals surface area contributed by atoms with Crippen LogP contribution in [-0.2, 0) is 0 Å². The van der Waals surface area contributed by atoms with Crippen LogP contribution in [0.15, 0.2) is 28.6 Å². The third kappa shape index (κ3) is 3.05. The molecule has 0 amide bonds. The number of aromatic nitrogens is 1. The molecule has 1 aliphatic carbocycles. The van der Waals surface area contributed by atoms with Crippen molar-refractivity contribution in [3.05, 3.63) is 24.3 Å². The number of benzene rings is 1. The molecule has 1 N–H and O–H groups in total. The van der Waals surface area contributed by atoms with Crippen molar-refractivity contribution in [2.24, 2.45) is 0 Å². The van der Waals surface area contributed by atoms with E-state index < -0.39 is 0 Å². The van der Waals surface area contributed by atoms with E-state index in [1.165, 1.54) is 34.7 Å². The standard InChI is InChI=1S/C14H18N2S2/c1-2-6-11(5-1)15-9-10-17-14-16-12-7-3-4-8-13(12)18-14/h3-4,7-8,11,15H,1-2,5-6,9-10H2. The van der Waals surface area contributed by atoms with Crippen molar-refractivity contribution in [2.75, 3.05) is 12.3 Å². The molecule has 0 unspecified atom stereocenters. The summed E-state index contributed by atoms with van der Waals surface area (Å²) in [6.45, 7) is 1.10. The van der Waals surface area contributed by atoms with Crippen LogP contribution in [-0.4, -0.2) is 23.3 Å². The van der Waals surface area contributed by atoms with Crippen molar-refractivity contribution < 1.29 is 0 Å². The molecule has 96 valence electrons. The van der Waals surface area contributed by atoms with Gasteiger partial charge < -0.3 is 5.32 Å². The molecule has 0 aliphatic heterocycles. The van der Waals surface area contributed by atoms with E-state index in [4.69, 9.17) is 0 Å². The highest BCUT2D eigenvalue weighted by Crippen LogP contribution is 2.29. The molecule has 1 aromatic carbocycles. The lowest BCUT2D eigenvalue weighted by atomic mass is 10.2. The maximum absolute atomic E-state index is 4.64. The monoisotopic (exact) mass is 278 g/mol. The van der Waals surface area contributed by atoms with Crippen molar-refractivity contribution in [3.8, 4) is 0 Å². The second-order valence-corrected chi connectivity index (χ2v) is 7.10. The quantitative estimate of drug-likeness (QED) is 0.663. The van der Waals surface area contributed by atoms with E-state index >= 15 is 0 Å². The molecule has 0 radical (unpaired) electrons. The van der Waals surface area contributed by atoms with Crippen LogP contribution in [0.4, 0.5) is 0 Å². The average Bonchev–Trinajstić information content (AvgIpc) is 3.03. The normalized spacial score (nSPS) is 16.7. The molecule has 18 heavy (non-hydrogen) atoms. The topological polar surface area (TPSA) is 24.9 Å². The lowest BCUT2D eigenvalue weighted by Crippen LogP contribution is -2.27. The maximum Gasteiger partial charge on any atom is 0.151 e. The Balaban J connectivity index is 1.47. The summed E-state index contributed by atoms with van der Waals surface area (Å²) in [5.74, 6) is 1.12. The summed E-state index contributed by atoms with van der Waals surface area (Å²) in [4.78, 5) is 4.64. The molecule has 1 fully saturated rings. The highest BCUT2D eigenvalue weighted by molar-refractivity contribution is 8.01. The van der Waals surface area contributed by atoms with Gasteiger partial charge >= 0.3 is 0 Å². The first-order valence-corrected chi connectivity index (χ1v) is 8.44. The van der Waals surface area contributed by atoms with Crippen molar-refractivity contribution in [2.45, 2.75) is 36.1 Å². The molecule has 1 heterocycles. The largest absolute Gasteiger partial charge is 0.313 e. The summed E-state index contributed by atoms with van der Waals surface area (Å²) in [5.41, 5.74) is 1.13. The predicted molar refractivity (Wildman–Crippen MR) is 80.6 cm³/mol. The number of rotatable bonds is 5. The third-order valence-corrected chi connectivity index (χ3v) is 5.57. The van der Waals surface area contributed by atoms with Gasteiger partial charge in [-0.05, 0) is 25.0 Å². The Morgan fingerprint density at radius 1 is 1.28 bits per heavy atom. The zero-order valence-corrected chi connectivity index (χ0v) is 12.0. The van der Waals surface area contributed by atoms with Crippen molar-refractivity contribution in [1.82, 2.24) is 10.3 Å². The maximum atomic E-state index is 4.64. The first-order valence-electron chi connectivity index (χ1n) is 6.63. The highest BCUT2D eigenvalue weighted by atomic mass is 32.2. The molecular formula is C14H18N2S2. The second kappa shape index (κ2) is 6.04. The van der Waals surface area contributed by atoms with E-state index in [9.17, 15) is 0 Å². The van der Waals surface area contributed by atoms with Gasteiger partial charge in [0.2, 0.25) is 0 Å². The first-order chi connectivity index (χ1) is 8.92. The fraction of sp³-hybridized carbons (Fsp3) is 0.500. The van der Waals surface area contributed by atoms with Crippen LogP contribution in [0, 0.1) is 0 Å². The molecule has 1 aromatic heterocycles. The smallest absolute Gasteiger partial charge is 0.151 e. The second-order valence-electron chi connectivity index (χ2n) is 4.73. The molecule has 0 atom stereocenters. The van der Waals surface area contributed by atoms with Gasteiger partial charge in [-0.2, -0.15) is 0 Å². The van der Waals surface area contributed by atoms with Crippen molar-refractivity contribution in [1.29, 1.82) is 0 Å². The van der Waals surface area contributed by atoms with Crippen LogP contribution in [0.2, 0.25) is 0 Å².